The van der Waals surface area contributed by atoms with Gasteiger partial charge in [-0.05, 0) is 28.1 Å². The summed E-state index contributed by atoms with van der Waals surface area (Å²) in [5.74, 6) is 0.700. The number of carbonyl (C=O) groups is 1. The maximum Gasteiger partial charge on any atom is 0.317 e. The number of carbonyl (C=O) groups excluding carboxylic acids is 1. The first kappa shape index (κ1) is 17.0. The molecule has 0 spiro atoms. The summed E-state index contributed by atoms with van der Waals surface area (Å²) in [6.45, 7) is 3.16. The van der Waals surface area contributed by atoms with Gasteiger partial charge in [-0.25, -0.2) is 4.79 Å². The Hall–Kier alpha value is -3.42. The molecule has 1 aromatic heterocycles. The van der Waals surface area contributed by atoms with Crippen molar-refractivity contribution in [1.29, 1.82) is 0 Å². The topological polar surface area (TPSA) is 79.2 Å². The molecule has 1 aliphatic rings. The van der Waals surface area contributed by atoms with Crippen molar-refractivity contribution < 1.29 is 4.79 Å². The molecular weight excluding hydrogens is 342 g/mol. The fourth-order valence-electron chi connectivity index (χ4n) is 3.11. The van der Waals surface area contributed by atoms with Crippen LogP contribution in [-0.4, -0.2) is 57.3 Å². The zero-order chi connectivity index (χ0) is 18.5. The molecule has 0 radical (unpaired) electrons. The van der Waals surface area contributed by atoms with Gasteiger partial charge in [-0.15, -0.1) is 0 Å². The lowest BCUT2D eigenvalue weighted by Gasteiger charge is -2.34. The first-order chi connectivity index (χ1) is 13.3. The van der Waals surface area contributed by atoms with Gasteiger partial charge in [0, 0.05) is 32.7 Å². The number of nitrogens with zero attached hydrogens (tertiary/aromatic N) is 6. The molecule has 2 aromatic carbocycles. The van der Waals surface area contributed by atoms with Crippen molar-refractivity contribution in [3.8, 4) is 5.69 Å². The van der Waals surface area contributed by atoms with E-state index in [0.717, 1.165) is 11.3 Å². The van der Waals surface area contributed by atoms with E-state index < -0.39 is 0 Å². The van der Waals surface area contributed by atoms with Crippen LogP contribution in [0, 0.1) is 0 Å². The number of benzene rings is 2. The molecule has 3 aromatic rings. The number of piperazine rings is 1. The summed E-state index contributed by atoms with van der Waals surface area (Å²) in [4.78, 5) is 16.3. The van der Waals surface area contributed by atoms with Crippen molar-refractivity contribution in [3.63, 3.8) is 0 Å². The third-order valence-electron chi connectivity index (χ3n) is 4.59. The predicted molar refractivity (Wildman–Crippen MR) is 102 cm³/mol. The van der Waals surface area contributed by atoms with E-state index in [1.165, 1.54) is 0 Å². The average Bonchev–Trinajstić information content (AvgIpc) is 3.23. The second kappa shape index (κ2) is 7.86. The lowest BCUT2D eigenvalue weighted by Crippen LogP contribution is -2.52. The number of nitrogens with one attached hydrogen (secondary N) is 1. The molecule has 27 heavy (non-hydrogen) atoms. The molecule has 4 rings (SSSR count). The number of tetrazole rings is 1. The van der Waals surface area contributed by atoms with Crippen molar-refractivity contribution in [2.24, 2.45) is 0 Å². The second-order valence-electron chi connectivity index (χ2n) is 6.34. The van der Waals surface area contributed by atoms with Crippen molar-refractivity contribution in [1.82, 2.24) is 30.4 Å². The summed E-state index contributed by atoms with van der Waals surface area (Å²) in [5.41, 5.74) is 2.01. The Bertz CT molecular complexity index is 873. The Labute approximate surface area is 157 Å². The van der Waals surface area contributed by atoms with E-state index in [0.29, 0.717) is 38.7 Å². The normalized spacial score (nSPS) is 14.2. The van der Waals surface area contributed by atoms with Gasteiger partial charge in [-0.1, -0.05) is 53.6 Å². The molecule has 8 heteroatoms. The maximum atomic E-state index is 12.4. The minimum absolute atomic E-state index is 0.0406. The van der Waals surface area contributed by atoms with Crippen LogP contribution in [-0.2, 0) is 6.54 Å². The molecule has 0 bridgehead atoms. The van der Waals surface area contributed by atoms with E-state index in [-0.39, 0.29) is 6.03 Å². The summed E-state index contributed by atoms with van der Waals surface area (Å²) in [6.07, 6.45) is 0. The zero-order valence-corrected chi connectivity index (χ0v) is 14.9. The maximum absolute atomic E-state index is 12.4. The van der Waals surface area contributed by atoms with Crippen LogP contribution in [0.2, 0.25) is 0 Å². The largest absolute Gasteiger partial charge is 0.336 e. The van der Waals surface area contributed by atoms with E-state index >= 15 is 0 Å². The molecular formula is C19H21N7O. The third kappa shape index (κ3) is 3.89. The number of aromatic nitrogens is 4. The molecule has 8 nitrogen and oxygen atoms in total. The molecule has 2 heterocycles. The third-order valence-corrected chi connectivity index (χ3v) is 4.59. The van der Waals surface area contributed by atoms with Crippen LogP contribution in [0.3, 0.4) is 0 Å². The first-order valence-corrected chi connectivity index (χ1v) is 8.97. The van der Waals surface area contributed by atoms with Crippen molar-refractivity contribution in [2.45, 2.75) is 6.54 Å². The van der Waals surface area contributed by atoms with Gasteiger partial charge in [0.25, 0.3) is 0 Å². The summed E-state index contributed by atoms with van der Waals surface area (Å²) >= 11 is 0. The number of amides is 2. The highest BCUT2D eigenvalue weighted by atomic mass is 16.2. The lowest BCUT2D eigenvalue weighted by molar-refractivity contribution is 0.193. The summed E-state index contributed by atoms with van der Waals surface area (Å²) < 4.78 is 1.73. The molecule has 1 saturated heterocycles. The molecule has 0 aliphatic carbocycles. The minimum Gasteiger partial charge on any atom is -0.336 e. The SMILES string of the molecule is O=C(NCc1ccccc1)N1CCN(c2nnnn2-c2ccccc2)CC1. The Morgan fingerprint density at radius 1 is 0.926 bits per heavy atom. The smallest absolute Gasteiger partial charge is 0.317 e. The average molecular weight is 363 g/mol. The van der Waals surface area contributed by atoms with Gasteiger partial charge < -0.3 is 15.1 Å². The highest BCUT2D eigenvalue weighted by molar-refractivity contribution is 5.74. The van der Waals surface area contributed by atoms with Gasteiger partial charge in [-0.2, -0.15) is 4.68 Å². The van der Waals surface area contributed by atoms with Crippen LogP contribution in [0.1, 0.15) is 5.56 Å². The van der Waals surface area contributed by atoms with Gasteiger partial charge in [0.05, 0.1) is 5.69 Å². The molecule has 0 saturated carbocycles. The van der Waals surface area contributed by atoms with Gasteiger partial charge in [0.1, 0.15) is 0 Å². The van der Waals surface area contributed by atoms with E-state index in [9.17, 15) is 4.79 Å². The molecule has 1 aliphatic heterocycles. The van der Waals surface area contributed by atoms with E-state index in [4.69, 9.17) is 0 Å². The van der Waals surface area contributed by atoms with E-state index in [1.807, 2.05) is 65.6 Å². The van der Waals surface area contributed by atoms with Crippen molar-refractivity contribution in [2.75, 3.05) is 31.1 Å². The Kier molecular flexibility index (Phi) is 4.95. The van der Waals surface area contributed by atoms with E-state index in [1.54, 1.807) is 4.68 Å². The fourth-order valence-corrected chi connectivity index (χ4v) is 3.11. The quantitative estimate of drug-likeness (QED) is 0.763. The molecule has 2 amide bonds. The zero-order valence-electron chi connectivity index (χ0n) is 14.9. The van der Waals surface area contributed by atoms with Gasteiger partial charge in [0.15, 0.2) is 0 Å². The fraction of sp³-hybridized carbons (Fsp3) is 0.263. The number of urea groups is 1. The Morgan fingerprint density at radius 3 is 2.30 bits per heavy atom. The van der Waals surface area contributed by atoms with Crippen molar-refractivity contribution in [3.05, 3.63) is 66.2 Å². The highest BCUT2D eigenvalue weighted by Gasteiger charge is 2.24. The van der Waals surface area contributed by atoms with Gasteiger partial charge >= 0.3 is 6.03 Å². The van der Waals surface area contributed by atoms with Crippen LogP contribution in [0.25, 0.3) is 5.69 Å². The summed E-state index contributed by atoms with van der Waals surface area (Å²) in [7, 11) is 0. The first-order valence-electron chi connectivity index (χ1n) is 8.97. The minimum atomic E-state index is -0.0406. The van der Waals surface area contributed by atoms with Crippen LogP contribution in [0.4, 0.5) is 10.7 Å². The molecule has 1 fully saturated rings. The second-order valence-corrected chi connectivity index (χ2v) is 6.34. The number of hydrogen-bond donors (Lipinski definition) is 1. The highest BCUT2D eigenvalue weighted by Crippen LogP contribution is 2.17. The molecule has 0 atom stereocenters. The standard InChI is InChI=1S/C19H21N7O/c27-19(20-15-16-7-3-1-4-8-16)25-13-11-24(12-14-25)18-21-22-23-26(18)17-9-5-2-6-10-17/h1-10H,11-15H2,(H,20,27). The predicted octanol–water partition coefficient (Wildman–Crippen LogP) is 1.69. The number of para-hydroxylation sites is 1. The van der Waals surface area contributed by atoms with Crippen LogP contribution < -0.4 is 10.2 Å². The molecule has 1 N–H and O–H groups in total. The molecule has 138 valence electrons. The summed E-state index contributed by atoms with van der Waals surface area (Å²) in [6, 6.07) is 19.7. The lowest BCUT2D eigenvalue weighted by atomic mass is 10.2. The van der Waals surface area contributed by atoms with Gasteiger partial charge in [0.2, 0.25) is 5.95 Å². The number of anilines is 1. The van der Waals surface area contributed by atoms with Crippen LogP contribution in [0.15, 0.2) is 60.7 Å². The van der Waals surface area contributed by atoms with E-state index in [2.05, 4.69) is 25.7 Å². The molecule has 0 unspecified atom stereocenters. The summed E-state index contributed by atoms with van der Waals surface area (Å²) in [5, 5.41) is 15.1. The van der Waals surface area contributed by atoms with Crippen LogP contribution in [0.5, 0.6) is 0 Å². The van der Waals surface area contributed by atoms with Crippen LogP contribution >= 0.6 is 0 Å². The number of hydrogen-bond acceptors (Lipinski definition) is 5. The monoisotopic (exact) mass is 363 g/mol. The van der Waals surface area contributed by atoms with Crippen molar-refractivity contribution >= 4 is 12.0 Å². The number of rotatable bonds is 4. The Balaban J connectivity index is 1.34. The Morgan fingerprint density at radius 2 is 1.59 bits per heavy atom. The van der Waals surface area contributed by atoms with Gasteiger partial charge in [-0.3, -0.25) is 0 Å².